The second-order valence-electron chi connectivity index (χ2n) is 14.0. The number of anilines is 2. The molecule has 13 nitrogen and oxygen atoms in total. The van der Waals surface area contributed by atoms with E-state index in [0.717, 1.165) is 46.2 Å². The minimum atomic E-state index is -1.00. The van der Waals surface area contributed by atoms with Crippen LogP contribution in [-0.2, 0) is 20.8 Å². The first-order chi connectivity index (χ1) is 24.6. The molecule has 2 aromatic carbocycles. The van der Waals surface area contributed by atoms with Crippen molar-refractivity contribution in [1.29, 1.82) is 0 Å². The number of nitrogens with zero attached hydrogens (tertiary/aromatic N) is 4. The second kappa shape index (κ2) is 11.5. The Bertz CT molecular complexity index is 2160. The van der Waals surface area contributed by atoms with E-state index in [2.05, 4.69) is 25.4 Å². The summed E-state index contributed by atoms with van der Waals surface area (Å²) < 4.78 is 14.1. The molecule has 51 heavy (non-hydrogen) atoms. The summed E-state index contributed by atoms with van der Waals surface area (Å²) >= 11 is 0. The molecule has 0 radical (unpaired) electrons. The number of carbonyl (C=O) groups excluding carboxylic acids is 6. The van der Waals surface area contributed by atoms with Gasteiger partial charge in [-0.15, -0.1) is 0 Å². The van der Waals surface area contributed by atoms with Gasteiger partial charge in [-0.1, -0.05) is 0 Å². The molecule has 9 rings (SSSR count). The molecular formula is C37H34FN7O6. The normalized spacial score (nSPS) is 23.4. The molecule has 1 atom stereocenters. The zero-order chi connectivity index (χ0) is 35.3. The molecule has 260 valence electrons. The van der Waals surface area contributed by atoms with Gasteiger partial charge in [-0.3, -0.25) is 43.9 Å². The van der Waals surface area contributed by atoms with Crippen LogP contribution in [0.3, 0.4) is 0 Å². The van der Waals surface area contributed by atoms with Crippen molar-refractivity contribution in [3.63, 3.8) is 0 Å². The van der Waals surface area contributed by atoms with E-state index in [9.17, 15) is 33.2 Å². The van der Waals surface area contributed by atoms with Gasteiger partial charge < -0.3 is 20.1 Å². The number of piperidine rings is 1. The Morgan fingerprint density at radius 1 is 0.843 bits per heavy atom. The summed E-state index contributed by atoms with van der Waals surface area (Å²) in [5.41, 5.74) is 6.84. The number of piperazine rings is 1. The Hall–Kier alpha value is -5.63. The number of nitrogens with one attached hydrogen (secondary N) is 3. The smallest absolute Gasteiger partial charge is 0.262 e. The number of aromatic nitrogens is 1. The molecule has 14 heteroatoms. The van der Waals surface area contributed by atoms with Crippen LogP contribution in [0.2, 0.25) is 0 Å². The molecule has 3 saturated heterocycles. The minimum Gasteiger partial charge on any atom is -0.369 e. The van der Waals surface area contributed by atoms with Crippen molar-refractivity contribution in [2.75, 3.05) is 49.5 Å². The van der Waals surface area contributed by atoms with Crippen molar-refractivity contribution in [3.05, 3.63) is 81.4 Å². The number of rotatable bonds is 4. The molecule has 0 spiro atoms. The number of imide groups is 2. The highest BCUT2D eigenvalue weighted by Gasteiger charge is 2.45. The predicted octanol–water partition coefficient (Wildman–Crippen LogP) is 2.32. The number of aryl methyl sites for hydroxylation is 1. The lowest BCUT2D eigenvalue weighted by atomic mass is 9.99. The number of aromatic amines is 1. The van der Waals surface area contributed by atoms with E-state index in [-0.39, 0.29) is 41.8 Å². The Labute approximate surface area is 291 Å². The van der Waals surface area contributed by atoms with E-state index < -0.39 is 35.5 Å². The highest BCUT2D eigenvalue weighted by molar-refractivity contribution is 6.37. The number of fused-ring (bicyclic) bond motifs is 3. The SMILES string of the molecule is Cc1[nH]c2c(c1C(=O)N1CC(N3CCN(c4ccc5c(c4)C(=O)N(C4CCC(=O)NC4=O)C5=O)CC3)C1)CC/C2=C1/C(=O)Nc2ccc(F)cc21. The Kier molecular flexibility index (Phi) is 7.04. The molecule has 3 fully saturated rings. The molecule has 5 aliphatic heterocycles. The van der Waals surface area contributed by atoms with E-state index in [1.54, 1.807) is 18.2 Å². The molecule has 6 heterocycles. The fourth-order valence-electron chi connectivity index (χ4n) is 8.55. The van der Waals surface area contributed by atoms with Crippen LogP contribution in [-0.4, -0.2) is 106 Å². The van der Waals surface area contributed by atoms with E-state index in [0.29, 0.717) is 61.4 Å². The first kappa shape index (κ1) is 31.4. The summed E-state index contributed by atoms with van der Waals surface area (Å²) in [6.07, 6.45) is 1.38. The number of hydrogen-bond acceptors (Lipinski definition) is 8. The maximum absolute atomic E-state index is 14.1. The van der Waals surface area contributed by atoms with E-state index in [1.807, 2.05) is 17.9 Å². The topological polar surface area (TPSA) is 155 Å². The molecule has 6 aliphatic rings. The quantitative estimate of drug-likeness (QED) is 0.278. The van der Waals surface area contributed by atoms with Gasteiger partial charge in [0.25, 0.3) is 23.6 Å². The number of allylic oxidation sites excluding steroid dienone is 1. The lowest BCUT2D eigenvalue weighted by molar-refractivity contribution is -0.136. The number of amides is 6. The van der Waals surface area contributed by atoms with Gasteiger partial charge in [-0.25, -0.2) is 4.39 Å². The number of H-pyrrole nitrogens is 1. The molecule has 1 aromatic heterocycles. The van der Waals surface area contributed by atoms with Crippen molar-refractivity contribution in [2.24, 2.45) is 0 Å². The van der Waals surface area contributed by atoms with Crippen LogP contribution in [0.1, 0.15) is 72.9 Å². The van der Waals surface area contributed by atoms with Crippen LogP contribution in [0.25, 0.3) is 11.1 Å². The maximum Gasteiger partial charge on any atom is 0.262 e. The van der Waals surface area contributed by atoms with Crippen molar-refractivity contribution in [3.8, 4) is 0 Å². The van der Waals surface area contributed by atoms with Gasteiger partial charge in [0.2, 0.25) is 11.8 Å². The molecule has 1 aliphatic carbocycles. The van der Waals surface area contributed by atoms with Crippen molar-refractivity contribution in [1.82, 2.24) is 25.0 Å². The summed E-state index contributed by atoms with van der Waals surface area (Å²) in [7, 11) is 0. The Morgan fingerprint density at radius 3 is 2.37 bits per heavy atom. The first-order valence-corrected chi connectivity index (χ1v) is 17.3. The van der Waals surface area contributed by atoms with Crippen molar-refractivity contribution >= 4 is 58.0 Å². The zero-order valence-corrected chi connectivity index (χ0v) is 27.8. The fourth-order valence-corrected chi connectivity index (χ4v) is 8.55. The monoisotopic (exact) mass is 691 g/mol. The van der Waals surface area contributed by atoms with Gasteiger partial charge in [-0.05, 0) is 73.7 Å². The zero-order valence-electron chi connectivity index (χ0n) is 27.8. The molecule has 6 amide bonds. The molecule has 3 N–H and O–H groups in total. The largest absolute Gasteiger partial charge is 0.369 e. The molecule has 3 aromatic rings. The van der Waals surface area contributed by atoms with Crippen LogP contribution in [0.4, 0.5) is 15.8 Å². The van der Waals surface area contributed by atoms with E-state index >= 15 is 0 Å². The lowest BCUT2D eigenvalue weighted by Crippen LogP contribution is -2.64. The summed E-state index contributed by atoms with van der Waals surface area (Å²) in [5.74, 6) is -2.79. The average Bonchev–Trinajstić information content (AvgIpc) is 3.79. The van der Waals surface area contributed by atoms with Crippen molar-refractivity contribution in [2.45, 2.75) is 44.7 Å². The maximum atomic E-state index is 14.1. The van der Waals surface area contributed by atoms with Crippen LogP contribution in [0.5, 0.6) is 0 Å². The van der Waals surface area contributed by atoms with Crippen LogP contribution >= 0.6 is 0 Å². The van der Waals surface area contributed by atoms with Gasteiger partial charge >= 0.3 is 0 Å². The number of hydrogen-bond donors (Lipinski definition) is 3. The van der Waals surface area contributed by atoms with Crippen LogP contribution < -0.4 is 15.5 Å². The van der Waals surface area contributed by atoms with Crippen molar-refractivity contribution < 1.29 is 33.2 Å². The van der Waals surface area contributed by atoms with E-state index in [1.165, 1.54) is 12.1 Å². The number of carbonyl (C=O) groups is 6. The fraction of sp³-hybridized carbons (Fsp3) is 0.351. The average molecular weight is 692 g/mol. The predicted molar refractivity (Wildman–Crippen MR) is 182 cm³/mol. The van der Waals surface area contributed by atoms with Crippen LogP contribution in [0, 0.1) is 12.7 Å². The first-order valence-electron chi connectivity index (χ1n) is 17.3. The summed E-state index contributed by atoms with van der Waals surface area (Å²) in [6, 6.07) is 8.67. The Morgan fingerprint density at radius 2 is 1.61 bits per heavy atom. The van der Waals surface area contributed by atoms with Gasteiger partial charge in [-0.2, -0.15) is 0 Å². The third-order valence-electron chi connectivity index (χ3n) is 11.2. The molecular weight excluding hydrogens is 657 g/mol. The minimum absolute atomic E-state index is 0.0304. The van der Waals surface area contributed by atoms with E-state index in [4.69, 9.17) is 0 Å². The van der Waals surface area contributed by atoms with Gasteiger partial charge in [0.15, 0.2) is 0 Å². The third kappa shape index (κ3) is 4.83. The summed E-state index contributed by atoms with van der Waals surface area (Å²) in [5, 5.41) is 5.05. The third-order valence-corrected chi connectivity index (χ3v) is 11.2. The number of halogens is 1. The lowest BCUT2D eigenvalue weighted by Gasteiger charge is -2.48. The highest BCUT2D eigenvalue weighted by atomic mass is 19.1. The second-order valence-corrected chi connectivity index (χ2v) is 14.0. The Balaban J connectivity index is 0.838. The molecule has 1 unspecified atom stereocenters. The summed E-state index contributed by atoms with van der Waals surface area (Å²) in [6.45, 7) is 6.01. The van der Waals surface area contributed by atoms with Crippen LogP contribution in [0.15, 0.2) is 36.4 Å². The number of benzene rings is 2. The standard InChI is InChI=1S/C37H34FN7O6/c1-18-30(23-5-6-24(32(23)39-18)31-26-14-19(38)2-7-27(26)40-34(31)48)37(51)44-16-21(17-44)43-12-10-42(11-13-43)20-3-4-22-25(15-20)36(50)45(35(22)49)28-8-9-29(46)41-33(28)47/h2-4,7,14-15,21,28,39H,5-6,8-13,16-17H2,1H3,(H,40,48)(H,41,46,47)/b31-24-. The number of likely N-dealkylation sites (tertiary alicyclic amines) is 1. The molecule has 0 bridgehead atoms. The highest BCUT2D eigenvalue weighted by Crippen LogP contribution is 2.45. The molecule has 0 saturated carbocycles. The van der Waals surface area contributed by atoms with Gasteiger partial charge in [0.05, 0.1) is 22.3 Å². The summed E-state index contributed by atoms with van der Waals surface area (Å²) in [4.78, 5) is 87.9. The van der Waals surface area contributed by atoms with Gasteiger partial charge in [0.1, 0.15) is 11.9 Å². The van der Waals surface area contributed by atoms with Gasteiger partial charge in [0, 0.05) is 80.1 Å².